The molecule has 2 atom stereocenters. The number of carboxylic acids is 1. The van der Waals surface area contributed by atoms with Crippen LogP contribution in [0, 0.1) is 5.92 Å². The molecule has 1 aliphatic heterocycles. The van der Waals surface area contributed by atoms with Crippen molar-refractivity contribution >= 4 is 12.1 Å². The van der Waals surface area contributed by atoms with Crippen LogP contribution in [0.4, 0.5) is 4.79 Å². The molecular weight excluding hydrogens is 356 g/mol. The van der Waals surface area contributed by atoms with E-state index in [1.54, 1.807) is 4.90 Å². The minimum Gasteiger partial charge on any atom is -0.481 e. The standard InChI is InChI=1S/C22H24N2O4/c23-12-15-11-14(21(25)26)9-10-24(15)22(27)28-13-20-18-7-3-1-5-16(18)17-6-2-4-8-19(17)20/h1-8,14-15,20H,9-13,23H2,(H,25,26). The average Bonchev–Trinajstić information content (AvgIpc) is 3.05. The zero-order valence-corrected chi connectivity index (χ0v) is 15.6. The van der Waals surface area contributed by atoms with E-state index in [0.717, 1.165) is 11.1 Å². The van der Waals surface area contributed by atoms with Crippen molar-refractivity contribution in [3.05, 3.63) is 59.7 Å². The lowest BCUT2D eigenvalue weighted by atomic mass is 9.91. The van der Waals surface area contributed by atoms with Crippen LogP contribution in [0.15, 0.2) is 48.5 Å². The van der Waals surface area contributed by atoms with Gasteiger partial charge in [0, 0.05) is 25.0 Å². The van der Waals surface area contributed by atoms with Crippen molar-refractivity contribution in [2.45, 2.75) is 24.8 Å². The number of carbonyl (C=O) groups excluding carboxylic acids is 1. The predicted molar refractivity (Wildman–Crippen MR) is 105 cm³/mol. The van der Waals surface area contributed by atoms with E-state index < -0.39 is 18.0 Å². The Morgan fingerprint density at radius 3 is 2.25 bits per heavy atom. The van der Waals surface area contributed by atoms with Gasteiger partial charge in [0.05, 0.1) is 5.92 Å². The molecule has 1 amide bonds. The van der Waals surface area contributed by atoms with Gasteiger partial charge in [-0.3, -0.25) is 4.79 Å². The monoisotopic (exact) mass is 380 g/mol. The number of carbonyl (C=O) groups is 2. The molecule has 2 unspecified atom stereocenters. The van der Waals surface area contributed by atoms with Crippen molar-refractivity contribution in [2.24, 2.45) is 11.7 Å². The third-order valence-electron chi connectivity index (χ3n) is 5.91. The lowest BCUT2D eigenvalue weighted by Crippen LogP contribution is -2.51. The maximum absolute atomic E-state index is 12.7. The highest BCUT2D eigenvalue weighted by Gasteiger charge is 2.36. The number of rotatable bonds is 4. The third-order valence-corrected chi connectivity index (χ3v) is 5.91. The summed E-state index contributed by atoms with van der Waals surface area (Å²) in [5.74, 6) is -1.28. The van der Waals surface area contributed by atoms with Crippen molar-refractivity contribution in [3.63, 3.8) is 0 Å². The fraction of sp³-hybridized carbons (Fsp3) is 0.364. The summed E-state index contributed by atoms with van der Waals surface area (Å²) in [7, 11) is 0. The van der Waals surface area contributed by atoms with Gasteiger partial charge in [-0.1, -0.05) is 48.5 Å². The molecule has 1 heterocycles. The first kappa shape index (κ1) is 18.5. The number of carboxylic acid groups (broad SMARTS) is 1. The number of amides is 1. The van der Waals surface area contributed by atoms with E-state index >= 15 is 0 Å². The Kier molecular flexibility index (Phi) is 5.05. The van der Waals surface area contributed by atoms with Crippen molar-refractivity contribution in [1.29, 1.82) is 0 Å². The summed E-state index contributed by atoms with van der Waals surface area (Å²) in [4.78, 5) is 25.6. The molecule has 0 radical (unpaired) electrons. The molecular formula is C22H24N2O4. The molecule has 4 rings (SSSR count). The molecule has 1 saturated heterocycles. The van der Waals surface area contributed by atoms with E-state index in [9.17, 15) is 14.7 Å². The van der Waals surface area contributed by atoms with Gasteiger partial charge in [0.1, 0.15) is 6.61 Å². The molecule has 0 aromatic heterocycles. The number of benzene rings is 2. The minimum atomic E-state index is -0.828. The number of aliphatic carboxylic acids is 1. The SMILES string of the molecule is NCC1CC(C(=O)O)CCN1C(=O)OCC1c2ccccc2-c2ccccc21. The lowest BCUT2D eigenvalue weighted by molar-refractivity contribution is -0.143. The van der Waals surface area contributed by atoms with Gasteiger partial charge in [-0.05, 0) is 35.1 Å². The van der Waals surface area contributed by atoms with E-state index in [-0.39, 0.29) is 25.1 Å². The number of nitrogens with two attached hydrogens (primary N) is 1. The van der Waals surface area contributed by atoms with Gasteiger partial charge in [0.25, 0.3) is 0 Å². The summed E-state index contributed by atoms with van der Waals surface area (Å²) in [6.07, 6.45) is 0.382. The summed E-state index contributed by atoms with van der Waals surface area (Å²) < 4.78 is 5.69. The Morgan fingerprint density at radius 1 is 1.07 bits per heavy atom. The predicted octanol–water partition coefficient (Wildman–Crippen LogP) is 3.06. The molecule has 6 heteroatoms. The largest absolute Gasteiger partial charge is 0.481 e. The van der Waals surface area contributed by atoms with Crippen molar-refractivity contribution in [2.75, 3.05) is 19.7 Å². The van der Waals surface area contributed by atoms with Crippen LogP contribution in [0.5, 0.6) is 0 Å². The van der Waals surface area contributed by atoms with Crippen LogP contribution in [-0.2, 0) is 9.53 Å². The van der Waals surface area contributed by atoms with Gasteiger partial charge in [-0.15, -0.1) is 0 Å². The molecule has 1 aliphatic carbocycles. The Morgan fingerprint density at radius 2 is 1.68 bits per heavy atom. The summed E-state index contributed by atoms with van der Waals surface area (Å²) in [5, 5.41) is 9.23. The van der Waals surface area contributed by atoms with Gasteiger partial charge in [-0.2, -0.15) is 0 Å². The Labute approximate surface area is 163 Å². The Balaban J connectivity index is 1.47. The quantitative estimate of drug-likeness (QED) is 0.850. The molecule has 2 aromatic rings. The van der Waals surface area contributed by atoms with Gasteiger partial charge in [-0.25, -0.2) is 4.79 Å². The highest BCUT2D eigenvalue weighted by Crippen LogP contribution is 2.44. The molecule has 28 heavy (non-hydrogen) atoms. The summed E-state index contributed by atoms with van der Waals surface area (Å²) >= 11 is 0. The van der Waals surface area contributed by atoms with Crippen LogP contribution >= 0.6 is 0 Å². The average molecular weight is 380 g/mol. The fourth-order valence-electron chi connectivity index (χ4n) is 4.42. The first-order valence-electron chi connectivity index (χ1n) is 9.64. The number of piperidine rings is 1. The van der Waals surface area contributed by atoms with E-state index in [4.69, 9.17) is 10.5 Å². The second-order valence-electron chi connectivity index (χ2n) is 7.45. The number of fused-ring (bicyclic) bond motifs is 3. The number of ether oxygens (including phenoxy) is 1. The molecule has 146 valence electrons. The smallest absolute Gasteiger partial charge is 0.410 e. The van der Waals surface area contributed by atoms with Crippen LogP contribution in [0.1, 0.15) is 29.9 Å². The summed E-state index contributed by atoms with van der Waals surface area (Å²) in [6, 6.07) is 16.1. The normalized spacial score (nSPS) is 21.1. The Hall–Kier alpha value is -2.86. The molecule has 0 bridgehead atoms. The second-order valence-corrected chi connectivity index (χ2v) is 7.45. The van der Waals surface area contributed by atoms with E-state index in [1.165, 1.54) is 11.1 Å². The minimum absolute atomic E-state index is 0.00392. The fourth-order valence-corrected chi connectivity index (χ4v) is 4.42. The first-order chi connectivity index (χ1) is 13.6. The topological polar surface area (TPSA) is 92.9 Å². The number of likely N-dealkylation sites (tertiary alicyclic amines) is 1. The van der Waals surface area contributed by atoms with Crippen LogP contribution in [0.25, 0.3) is 11.1 Å². The molecule has 0 saturated carbocycles. The van der Waals surface area contributed by atoms with Crippen LogP contribution in [-0.4, -0.2) is 47.8 Å². The van der Waals surface area contributed by atoms with Crippen molar-refractivity contribution < 1.29 is 19.4 Å². The number of nitrogens with zero attached hydrogens (tertiary/aromatic N) is 1. The zero-order valence-electron chi connectivity index (χ0n) is 15.6. The van der Waals surface area contributed by atoms with Gasteiger partial charge in [0.2, 0.25) is 0 Å². The van der Waals surface area contributed by atoms with E-state index in [0.29, 0.717) is 19.4 Å². The molecule has 1 fully saturated rings. The van der Waals surface area contributed by atoms with Crippen LogP contribution in [0.2, 0.25) is 0 Å². The van der Waals surface area contributed by atoms with Crippen LogP contribution in [0.3, 0.4) is 0 Å². The van der Waals surface area contributed by atoms with Gasteiger partial charge >= 0.3 is 12.1 Å². The van der Waals surface area contributed by atoms with E-state index in [2.05, 4.69) is 24.3 Å². The summed E-state index contributed by atoms with van der Waals surface area (Å²) in [5.41, 5.74) is 10.5. The zero-order chi connectivity index (χ0) is 19.7. The molecule has 2 aliphatic rings. The highest BCUT2D eigenvalue weighted by atomic mass is 16.6. The molecule has 3 N–H and O–H groups in total. The van der Waals surface area contributed by atoms with E-state index in [1.807, 2.05) is 24.3 Å². The summed E-state index contributed by atoms with van der Waals surface area (Å²) in [6.45, 7) is 0.840. The first-order valence-corrected chi connectivity index (χ1v) is 9.64. The molecule has 0 spiro atoms. The van der Waals surface area contributed by atoms with Crippen molar-refractivity contribution in [3.8, 4) is 11.1 Å². The maximum atomic E-state index is 12.7. The van der Waals surface area contributed by atoms with Gasteiger partial charge in [0.15, 0.2) is 0 Å². The van der Waals surface area contributed by atoms with Crippen molar-refractivity contribution in [1.82, 2.24) is 4.90 Å². The Bertz CT molecular complexity index is 852. The van der Waals surface area contributed by atoms with Crippen LogP contribution < -0.4 is 5.73 Å². The highest BCUT2D eigenvalue weighted by molar-refractivity contribution is 5.79. The molecule has 6 nitrogen and oxygen atoms in total. The van der Waals surface area contributed by atoms with Gasteiger partial charge < -0.3 is 20.5 Å². The number of hydrogen-bond acceptors (Lipinski definition) is 4. The maximum Gasteiger partial charge on any atom is 0.410 e. The number of hydrogen-bond donors (Lipinski definition) is 2. The lowest BCUT2D eigenvalue weighted by Gasteiger charge is -2.37. The molecule has 2 aromatic carbocycles. The second kappa shape index (κ2) is 7.64. The third kappa shape index (κ3) is 3.24.